The number of rotatable bonds is 2. The van der Waals surface area contributed by atoms with Crippen molar-refractivity contribution in [2.24, 2.45) is 0 Å². The summed E-state index contributed by atoms with van der Waals surface area (Å²) in [4.78, 5) is 10.4. The minimum Gasteiger partial charge on any atom is -0.300 e. The Morgan fingerprint density at radius 2 is 1.08 bits per heavy atom. The third kappa shape index (κ3) is 3.01. The molecule has 0 N–H and O–H groups in total. The van der Waals surface area contributed by atoms with Crippen molar-refractivity contribution >= 4 is 43.6 Å². The average molecular weight is 467 g/mol. The second kappa shape index (κ2) is 7.53. The van der Waals surface area contributed by atoms with E-state index in [9.17, 15) is 0 Å². The van der Waals surface area contributed by atoms with E-state index in [1.165, 1.54) is 21.7 Å². The maximum Gasteiger partial charge on any atom is 0.237 e. The molecule has 0 atom stereocenters. The zero-order valence-electron chi connectivity index (χ0n) is 20.6. The molecule has 0 aliphatic carbocycles. The molecular formula is C32H26N4. The molecule has 7 rings (SSSR count). The number of aromatic nitrogens is 4. The smallest absolute Gasteiger partial charge is 0.237 e. The molecule has 174 valence electrons. The summed E-state index contributed by atoms with van der Waals surface area (Å²) in [7, 11) is 0. The van der Waals surface area contributed by atoms with Crippen LogP contribution in [0.1, 0.15) is 26.3 Å². The first-order valence-electron chi connectivity index (χ1n) is 12.4. The van der Waals surface area contributed by atoms with E-state index in [0.29, 0.717) is 5.95 Å². The van der Waals surface area contributed by atoms with Gasteiger partial charge in [-0.3, -0.25) is 4.57 Å². The first-order chi connectivity index (χ1) is 17.5. The molecule has 3 heterocycles. The van der Waals surface area contributed by atoms with Crippen molar-refractivity contribution in [1.82, 2.24) is 19.1 Å². The van der Waals surface area contributed by atoms with Crippen molar-refractivity contribution in [3.63, 3.8) is 0 Å². The van der Waals surface area contributed by atoms with E-state index in [0.717, 1.165) is 33.3 Å². The second-order valence-electron chi connectivity index (χ2n) is 10.4. The lowest BCUT2D eigenvalue weighted by Gasteiger charge is -2.17. The number of hydrogen-bond acceptors (Lipinski definition) is 2. The van der Waals surface area contributed by atoms with Gasteiger partial charge in [-0.1, -0.05) is 87.5 Å². The zero-order valence-corrected chi connectivity index (χ0v) is 20.6. The van der Waals surface area contributed by atoms with Crippen molar-refractivity contribution in [2.75, 3.05) is 0 Å². The summed E-state index contributed by atoms with van der Waals surface area (Å²) >= 11 is 0. The summed E-state index contributed by atoms with van der Waals surface area (Å²) < 4.78 is 4.44. The van der Waals surface area contributed by atoms with Gasteiger partial charge in [0.05, 0.1) is 22.1 Å². The molecule has 0 fully saturated rings. The maximum atomic E-state index is 5.27. The van der Waals surface area contributed by atoms with E-state index < -0.39 is 0 Å². The molecule has 0 unspecified atom stereocenters. The van der Waals surface area contributed by atoms with Gasteiger partial charge in [0.25, 0.3) is 0 Å². The van der Waals surface area contributed by atoms with E-state index >= 15 is 0 Å². The van der Waals surface area contributed by atoms with Gasteiger partial charge in [-0.25, -0.2) is 4.98 Å². The Kier molecular flexibility index (Phi) is 4.37. The highest BCUT2D eigenvalue weighted by molar-refractivity contribution is 6.09. The van der Waals surface area contributed by atoms with Crippen molar-refractivity contribution < 1.29 is 0 Å². The predicted molar refractivity (Wildman–Crippen MR) is 149 cm³/mol. The Balaban J connectivity index is 1.61. The Morgan fingerprint density at radius 3 is 1.72 bits per heavy atom. The predicted octanol–water partition coefficient (Wildman–Crippen LogP) is 7.97. The van der Waals surface area contributed by atoms with Gasteiger partial charge in [-0.15, -0.1) is 0 Å². The molecule has 0 radical (unpaired) electrons. The van der Waals surface area contributed by atoms with Crippen LogP contribution in [0.2, 0.25) is 0 Å². The lowest BCUT2D eigenvalue weighted by atomic mass is 9.87. The fraction of sp³-hybridized carbons (Fsp3) is 0.125. The van der Waals surface area contributed by atoms with Crippen molar-refractivity contribution in [2.45, 2.75) is 26.2 Å². The third-order valence-corrected chi connectivity index (χ3v) is 7.10. The number of fused-ring (bicyclic) bond motifs is 5. The topological polar surface area (TPSA) is 35.6 Å². The number of hydrogen-bond donors (Lipinski definition) is 0. The van der Waals surface area contributed by atoms with Gasteiger partial charge in [-0.05, 0) is 41.3 Å². The number of nitrogens with zero attached hydrogens (tertiary/aromatic N) is 4. The van der Waals surface area contributed by atoms with Crippen LogP contribution >= 0.6 is 0 Å². The molecule has 4 aromatic carbocycles. The first-order valence-corrected chi connectivity index (χ1v) is 12.4. The van der Waals surface area contributed by atoms with Gasteiger partial charge in [0.2, 0.25) is 5.95 Å². The number of benzene rings is 4. The van der Waals surface area contributed by atoms with Crippen LogP contribution < -0.4 is 0 Å². The van der Waals surface area contributed by atoms with E-state index in [1.807, 2.05) is 6.07 Å². The van der Waals surface area contributed by atoms with Gasteiger partial charge >= 0.3 is 0 Å². The molecular weight excluding hydrogens is 440 g/mol. The van der Waals surface area contributed by atoms with E-state index in [1.54, 1.807) is 0 Å². The van der Waals surface area contributed by atoms with Gasteiger partial charge in [0.15, 0.2) is 5.82 Å². The summed E-state index contributed by atoms with van der Waals surface area (Å²) in [5, 5.41) is 4.69. The van der Waals surface area contributed by atoms with Gasteiger partial charge < -0.3 is 4.57 Å². The van der Waals surface area contributed by atoms with Crippen LogP contribution in [0.25, 0.3) is 55.4 Å². The van der Waals surface area contributed by atoms with Gasteiger partial charge in [0.1, 0.15) is 0 Å². The lowest BCUT2D eigenvalue weighted by molar-refractivity contribution is 0.594. The minimum absolute atomic E-state index is 0.00332. The summed E-state index contributed by atoms with van der Waals surface area (Å²) in [6.45, 7) is 6.79. The van der Waals surface area contributed by atoms with Crippen LogP contribution in [0.3, 0.4) is 0 Å². The largest absolute Gasteiger partial charge is 0.300 e. The molecule has 0 bridgehead atoms. The van der Waals surface area contributed by atoms with E-state index in [4.69, 9.17) is 9.97 Å². The molecule has 0 aliphatic rings. The van der Waals surface area contributed by atoms with Crippen LogP contribution in [-0.4, -0.2) is 19.1 Å². The molecule has 4 nitrogen and oxygen atoms in total. The third-order valence-electron chi connectivity index (χ3n) is 7.10. The molecule has 0 amide bonds. The molecule has 0 spiro atoms. The maximum absolute atomic E-state index is 5.27. The first kappa shape index (κ1) is 20.9. The molecule has 3 aromatic heterocycles. The lowest BCUT2D eigenvalue weighted by Crippen LogP contribution is -2.10. The van der Waals surface area contributed by atoms with Gasteiger partial charge in [0, 0.05) is 27.7 Å². The molecule has 36 heavy (non-hydrogen) atoms. The molecule has 4 heteroatoms. The van der Waals surface area contributed by atoms with E-state index in [-0.39, 0.29) is 5.41 Å². The summed E-state index contributed by atoms with van der Waals surface area (Å²) in [6.07, 6.45) is 2.26. The van der Waals surface area contributed by atoms with Gasteiger partial charge in [-0.2, -0.15) is 4.98 Å². The highest BCUT2D eigenvalue weighted by Gasteiger charge is 2.23. The minimum atomic E-state index is 0.00332. The Labute approximate surface area is 209 Å². The summed E-state index contributed by atoms with van der Waals surface area (Å²) in [5.41, 5.74) is 5.59. The van der Waals surface area contributed by atoms with Crippen LogP contribution in [-0.2, 0) is 5.41 Å². The standard InChI is InChI=1S/C32H26N4/c1-32(2,3)25-20-35(27-17-9-7-14-23(25)27)30-24-15-4-8-16-26(24)33-31(34-30)36-28-18-10-5-12-21(28)22-13-6-11-19-29(22)36/h4-20H,1-3H3. The number of para-hydroxylation sites is 4. The van der Waals surface area contributed by atoms with Crippen LogP contribution in [0.15, 0.2) is 103 Å². The Hall–Kier alpha value is -4.44. The quantitative estimate of drug-likeness (QED) is 0.259. The Morgan fingerprint density at radius 1 is 0.556 bits per heavy atom. The highest BCUT2D eigenvalue weighted by atomic mass is 15.2. The van der Waals surface area contributed by atoms with Crippen molar-refractivity contribution in [3.8, 4) is 11.8 Å². The summed E-state index contributed by atoms with van der Waals surface area (Å²) in [6, 6.07) is 33.9. The molecule has 0 aliphatic heterocycles. The normalized spacial score (nSPS) is 12.3. The van der Waals surface area contributed by atoms with Crippen molar-refractivity contribution in [3.05, 3.63) is 109 Å². The fourth-order valence-electron chi connectivity index (χ4n) is 5.42. The van der Waals surface area contributed by atoms with Crippen LogP contribution in [0, 0.1) is 0 Å². The highest BCUT2D eigenvalue weighted by Crippen LogP contribution is 2.36. The Bertz CT molecular complexity index is 1880. The molecule has 0 saturated heterocycles. The second-order valence-corrected chi connectivity index (χ2v) is 10.4. The SMILES string of the molecule is CC(C)(C)c1cn(-c2nc(-n3c4ccccc4c4ccccc43)nc3ccccc23)c2ccccc12. The monoisotopic (exact) mass is 466 g/mol. The average Bonchev–Trinajstić information content (AvgIpc) is 3.45. The summed E-state index contributed by atoms with van der Waals surface area (Å²) in [5.74, 6) is 1.57. The molecule has 7 aromatic rings. The van der Waals surface area contributed by atoms with Crippen LogP contribution in [0.4, 0.5) is 0 Å². The zero-order chi connectivity index (χ0) is 24.4. The molecule has 0 saturated carbocycles. The van der Waals surface area contributed by atoms with Crippen molar-refractivity contribution in [1.29, 1.82) is 0 Å². The van der Waals surface area contributed by atoms with E-state index in [2.05, 4.69) is 127 Å². The van der Waals surface area contributed by atoms with Crippen LogP contribution in [0.5, 0.6) is 0 Å². The fourth-order valence-corrected chi connectivity index (χ4v) is 5.42.